The van der Waals surface area contributed by atoms with Gasteiger partial charge >= 0.3 is 0 Å². The van der Waals surface area contributed by atoms with Gasteiger partial charge < -0.3 is 5.32 Å². The van der Waals surface area contributed by atoms with Gasteiger partial charge in [-0.25, -0.2) is 0 Å². The molecule has 1 aromatic carbocycles. The highest BCUT2D eigenvalue weighted by Crippen LogP contribution is 2.42. The first-order chi connectivity index (χ1) is 6.43. The number of nitrogens with one attached hydrogen (secondary N) is 1. The molecule has 0 spiro atoms. The fourth-order valence-electron chi connectivity index (χ4n) is 2.94. The largest absolute Gasteiger partial charge is 0.314 e. The Morgan fingerprint density at radius 2 is 1.92 bits per heavy atom. The van der Waals surface area contributed by atoms with Gasteiger partial charge in [0.25, 0.3) is 0 Å². The van der Waals surface area contributed by atoms with E-state index < -0.39 is 0 Å². The maximum absolute atomic E-state index is 3.56. The van der Waals surface area contributed by atoms with Crippen LogP contribution in [0.4, 0.5) is 0 Å². The first-order valence-corrected chi connectivity index (χ1v) is 5.22. The molecule has 3 rings (SSSR count). The van der Waals surface area contributed by atoms with Crippen LogP contribution in [0, 0.1) is 5.92 Å². The Morgan fingerprint density at radius 3 is 2.54 bits per heavy atom. The van der Waals surface area contributed by atoms with Crippen molar-refractivity contribution < 1.29 is 0 Å². The van der Waals surface area contributed by atoms with Crippen molar-refractivity contribution in [2.75, 3.05) is 6.54 Å². The third kappa shape index (κ3) is 1.19. The van der Waals surface area contributed by atoms with Crippen molar-refractivity contribution in [3.8, 4) is 0 Å². The average molecular weight is 173 g/mol. The van der Waals surface area contributed by atoms with Crippen molar-refractivity contribution >= 4 is 0 Å². The van der Waals surface area contributed by atoms with Crippen molar-refractivity contribution in [3.63, 3.8) is 0 Å². The molecule has 0 unspecified atom stereocenters. The van der Waals surface area contributed by atoms with Crippen molar-refractivity contribution in [1.82, 2.24) is 5.32 Å². The third-order valence-corrected chi connectivity index (χ3v) is 3.59. The molecule has 1 N–H and O–H groups in total. The normalized spacial score (nSPS) is 36.8. The van der Waals surface area contributed by atoms with Gasteiger partial charge in [-0.15, -0.1) is 0 Å². The molecule has 1 heterocycles. The van der Waals surface area contributed by atoms with E-state index in [1.807, 2.05) is 0 Å². The Bertz CT molecular complexity index is 293. The van der Waals surface area contributed by atoms with Gasteiger partial charge in [-0.05, 0) is 36.8 Å². The van der Waals surface area contributed by atoms with E-state index in [2.05, 4.69) is 35.6 Å². The van der Waals surface area contributed by atoms with E-state index in [1.54, 1.807) is 5.56 Å². The van der Waals surface area contributed by atoms with Crippen LogP contribution in [0.5, 0.6) is 0 Å². The van der Waals surface area contributed by atoms with Gasteiger partial charge in [-0.3, -0.25) is 0 Å². The van der Waals surface area contributed by atoms with Gasteiger partial charge in [0.2, 0.25) is 0 Å². The predicted octanol–water partition coefficient (Wildman–Crippen LogP) is 2.15. The maximum atomic E-state index is 3.56. The Morgan fingerprint density at radius 1 is 1.08 bits per heavy atom. The van der Waals surface area contributed by atoms with Crippen LogP contribution in [0.15, 0.2) is 30.3 Å². The summed E-state index contributed by atoms with van der Waals surface area (Å²) < 4.78 is 0. The lowest BCUT2D eigenvalue weighted by Gasteiger charge is -2.22. The van der Waals surface area contributed by atoms with Crippen molar-refractivity contribution in [2.24, 2.45) is 5.92 Å². The van der Waals surface area contributed by atoms with Crippen LogP contribution in [0.3, 0.4) is 0 Å². The molecule has 13 heavy (non-hydrogen) atoms. The zero-order valence-electron chi connectivity index (χ0n) is 7.74. The van der Waals surface area contributed by atoms with Crippen LogP contribution < -0.4 is 5.32 Å². The highest BCUT2D eigenvalue weighted by atomic mass is 15.0. The second-order valence-corrected chi connectivity index (χ2v) is 4.35. The fraction of sp³-hybridized carbons (Fsp3) is 0.500. The lowest BCUT2D eigenvalue weighted by molar-refractivity contribution is 0.441. The standard InChI is InChI=1S/C12H15N/c1-2-4-9(5-3-1)12-7-11-6-10(12)8-13-11/h1-5,10-13H,6-8H2/t10-,11-,12-/m1/s1. The summed E-state index contributed by atoms with van der Waals surface area (Å²) in [6, 6.07) is 11.8. The predicted molar refractivity (Wildman–Crippen MR) is 53.7 cm³/mol. The Kier molecular flexibility index (Phi) is 1.66. The molecule has 1 aromatic rings. The van der Waals surface area contributed by atoms with Crippen LogP contribution in [0.25, 0.3) is 0 Å². The molecule has 2 fully saturated rings. The van der Waals surface area contributed by atoms with Crippen LogP contribution >= 0.6 is 0 Å². The molecule has 1 saturated carbocycles. The summed E-state index contributed by atoms with van der Waals surface area (Å²) in [5, 5.41) is 3.56. The molecule has 2 aliphatic rings. The molecule has 3 atom stereocenters. The molecule has 0 radical (unpaired) electrons. The number of benzene rings is 1. The smallest absolute Gasteiger partial charge is 0.00764 e. The van der Waals surface area contributed by atoms with E-state index in [9.17, 15) is 0 Å². The van der Waals surface area contributed by atoms with Crippen molar-refractivity contribution in [2.45, 2.75) is 24.8 Å². The van der Waals surface area contributed by atoms with E-state index >= 15 is 0 Å². The summed E-state index contributed by atoms with van der Waals surface area (Å²) in [5.74, 6) is 1.75. The third-order valence-electron chi connectivity index (χ3n) is 3.59. The molecule has 2 bridgehead atoms. The first kappa shape index (κ1) is 7.57. The molecule has 1 saturated heterocycles. The molecule has 68 valence electrons. The Labute approximate surface area is 79.2 Å². The summed E-state index contributed by atoms with van der Waals surface area (Å²) in [4.78, 5) is 0. The SMILES string of the molecule is c1ccc([C@H]2C[C@H]3C[C@@H]2CN3)cc1. The van der Waals surface area contributed by atoms with Gasteiger partial charge in [0.15, 0.2) is 0 Å². The minimum atomic E-state index is 0.815. The molecule has 0 amide bonds. The Balaban J connectivity index is 1.87. The van der Waals surface area contributed by atoms with Gasteiger partial charge in [0.1, 0.15) is 0 Å². The van der Waals surface area contributed by atoms with Gasteiger partial charge in [0, 0.05) is 6.04 Å². The van der Waals surface area contributed by atoms with Crippen LogP contribution in [-0.4, -0.2) is 12.6 Å². The number of hydrogen-bond acceptors (Lipinski definition) is 1. The topological polar surface area (TPSA) is 12.0 Å². The average Bonchev–Trinajstić information content (AvgIpc) is 2.80. The summed E-state index contributed by atoms with van der Waals surface area (Å²) in [5.41, 5.74) is 1.55. The molecular formula is C12H15N. The molecule has 1 aliphatic carbocycles. The molecule has 1 heteroatoms. The molecule has 0 aromatic heterocycles. The first-order valence-electron chi connectivity index (χ1n) is 5.22. The second kappa shape index (κ2) is 2.85. The maximum Gasteiger partial charge on any atom is 0.00764 e. The monoisotopic (exact) mass is 173 g/mol. The Hall–Kier alpha value is -0.820. The summed E-state index contributed by atoms with van der Waals surface area (Å²) in [6.45, 7) is 1.24. The van der Waals surface area contributed by atoms with Gasteiger partial charge in [-0.1, -0.05) is 30.3 Å². The number of hydrogen-bond donors (Lipinski definition) is 1. The lowest BCUT2D eigenvalue weighted by Crippen LogP contribution is -2.28. The highest BCUT2D eigenvalue weighted by Gasteiger charge is 2.39. The minimum Gasteiger partial charge on any atom is -0.314 e. The summed E-state index contributed by atoms with van der Waals surface area (Å²) in [7, 11) is 0. The lowest BCUT2D eigenvalue weighted by atomic mass is 9.88. The fourth-order valence-corrected chi connectivity index (χ4v) is 2.94. The van der Waals surface area contributed by atoms with E-state index in [-0.39, 0.29) is 0 Å². The zero-order valence-corrected chi connectivity index (χ0v) is 7.74. The summed E-state index contributed by atoms with van der Waals surface area (Å²) >= 11 is 0. The molecular weight excluding hydrogens is 158 g/mol. The van der Waals surface area contributed by atoms with Crippen LogP contribution in [0.2, 0.25) is 0 Å². The second-order valence-electron chi connectivity index (χ2n) is 4.35. The highest BCUT2D eigenvalue weighted by molar-refractivity contribution is 5.23. The van der Waals surface area contributed by atoms with E-state index in [4.69, 9.17) is 0 Å². The number of piperidine rings is 1. The minimum absolute atomic E-state index is 0.815. The van der Waals surface area contributed by atoms with Crippen molar-refractivity contribution in [1.29, 1.82) is 0 Å². The number of rotatable bonds is 1. The number of fused-ring (bicyclic) bond motifs is 2. The van der Waals surface area contributed by atoms with E-state index in [0.29, 0.717) is 0 Å². The molecule has 1 nitrogen and oxygen atoms in total. The van der Waals surface area contributed by atoms with Gasteiger partial charge in [0.05, 0.1) is 0 Å². The van der Waals surface area contributed by atoms with E-state index in [0.717, 1.165) is 17.9 Å². The summed E-state index contributed by atoms with van der Waals surface area (Å²) in [6.07, 6.45) is 2.76. The quantitative estimate of drug-likeness (QED) is 0.686. The van der Waals surface area contributed by atoms with Crippen molar-refractivity contribution in [3.05, 3.63) is 35.9 Å². The van der Waals surface area contributed by atoms with Gasteiger partial charge in [-0.2, -0.15) is 0 Å². The van der Waals surface area contributed by atoms with Crippen LogP contribution in [-0.2, 0) is 0 Å². The molecule has 1 aliphatic heterocycles. The zero-order chi connectivity index (χ0) is 8.67. The van der Waals surface area contributed by atoms with Crippen LogP contribution in [0.1, 0.15) is 24.3 Å². The van der Waals surface area contributed by atoms with E-state index in [1.165, 1.54) is 19.4 Å².